The first-order chi connectivity index (χ1) is 10.1. The average molecular weight is 302 g/mol. The van der Waals surface area contributed by atoms with Crippen LogP contribution in [0, 0.1) is 13.8 Å². The van der Waals surface area contributed by atoms with Gasteiger partial charge in [-0.2, -0.15) is 0 Å². The fourth-order valence-corrected chi connectivity index (χ4v) is 2.69. The van der Waals surface area contributed by atoms with Crippen molar-refractivity contribution in [3.05, 3.63) is 69.7 Å². The molecule has 0 spiro atoms. The van der Waals surface area contributed by atoms with Gasteiger partial charge in [0.2, 0.25) is 0 Å². The third kappa shape index (κ3) is 4.59. The summed E-state index contributed by atoms with van der Waals surface area (Å²) in [4.78, 5) is 0. The summed E-state index contributed by atoms with van der Waals surface area (Å²) in [6.07, 6.45) is 2.14. The van der Waals surface area contributed by atoms with Crippen LogP contribution in [0.15, 0.2) is 42.5 Å². The van der Waals surface area contributed by atoms with Gasteiger partial charge in [-0.05, 0) is 62.1 Å². The minimum Gasteiger partial charge on any atom is -0.310 e. The number of hydrogen-bond donors (Lipinski definition) is 1. The highest BCUT2D eigenvalue weighted by Gasteiger charge is 2.13. The van der Waals surface area contributed by atoms with Crippen molar-refractivity contribution in [2.24, 2.45) is 0 Å². The predicted molar refractivity (Wildman–Crippen MR) is 92.1 cm³/mol. The van der Waals surface area contributed by atoms with Gasteiger partial charge in [-0.25, -0.2) is 0 Å². The Morgan fingerprint density at radius 1 is 1.05 bits per heavy atom. The van der Waals surface area contributed by atoms with E-state index < -0.39 is 0 Å². The largest absolute Gasteiger partial charge is 0.310 e. The van der Waals surface area contributed by atoms with Crippen LogP contribution in [-0.4, -0.2) is 6.54 Å². The van der Waals surface area contributed by atoms with Crippen LogP contribution in [0.4, 0.5) is 0 Å². The van der Waals surface area contributed by atoms with Crippen molar-refractivity contribution < 1.29 is 0 Å². The van der Waals surface area contributed by atoms with Crippen LogP contribution in [-0.2, 0) is 6.42 Å². The maximum atomic E-state index is 6.01. The number of rotatable bonds is 6. The summed E-state index contributed by atoms with van der Waals surface area (Å²) in [6, 6.07) is 15.2. The van der Waals surface area contributed by atoms with E-state index in [0.717, 1.165) is 24.4 Å². The number of halogens is 1. The topological polar surface area (TPSA) is 12.0 Å². The maximum absolute atomic E-state index is 6.01. The van der Waals surface area contributed by atoms with Crippen LogP contribution in [0.1, 0.15) is 41.6 Å². The van der Waals surface area contributed by atoms with Gasteiger partial charge in [0.25, 0.3) is 0 Å². The molecule has 1 nitrogen and oxygen atoms in total. The van der Waals surface area contributed by atoms with Crippen molar-refractivity contribution in [3.8, 4) is 0 Å². The van der Waals surface area contributed by atoms with Gasteiger partial charge >= 0.3 is 0 Å². The van der Waals surface area contributed by atoms with Crippen molar-refractivity contribution in [2.45, 2.75) is 39.7 Å². The second-order valence-electron chi connectivity index (χ2n) is 5.69. The molecule has 0 aromatic heterocycles. The first-order valence-corrected chi connectivity index (χ1v) is 8.03. The van der Waals surface area contributed by atoms with Crippen molar-refractivity contribution in [2.75, 3.05) is 6.54 Å². The van der Waals surface area contributed by atoms with Crippen LogP contribution in [0.2, 0.25) is 5.02 Å². The van der Waals surface area contributed by atoms with Gasteiger partial charge in [0.15, 0.2) is 0 Å². The first-order valence-electron chi connectivity index (χ1n) is 7.65. The molecule has 1 unspecified atom stereocenters. The van der Waals surface area contributed by atoms with Gasteiger partial charge in [-0.15, -0.1) is 0 Å². The molecule has 0 heterocycles. The molecular weight excluding hydrogens is 278 g/mol. The van der Waals surface area contributed by atoms with Crippen molar-refractivity contribution >= 4 is 11.6 Å². The van der Waals surface area contributed by atoms with Crippen LogP contribution >= 0.6 is 11.6 Å². The summed E-state index contributed by atoms with van der Waals surface area (Å²) >= 11 is 6.01. The molecule has 1 atom stereocenters. The molecule has 0 aliphatic heterocycles. The van der Waals surface area contributed by atoms with E-state index in [2.05, 4.69) is 56.4 Å². The molecule has 0 bridgehead atoms. The minimum absolute atomic E-state index is 0.336. The fraction of sp³-hybridized carbons (Fsp3) is 0.368. The van der Waals surface area contributed by atoms with E-state index in [1.165, 1.54) is 22.3 Å². The lowest BCUT2D eigenvalue weighted by Crippen LogP contribution is -2.24. The molecule has 0 fully saturated rings. The van der Waals surface area contributed by atoms with Crippen molar-refractivity contribution in [1.29, 1.82) is 0 Å². The number of benzene rings is 2. The van der Waals surface area contributed by atoms with E-state index in [-0.39, 0.29) is 0 Å². The third-order valence-corrected chi connectivity index (χ3v) is 4.09. The van der Waals surface area contributed by atoms with Crippen LogP contribution < -0.4 is 5.32 Å². The summed E-state index contributed by atoms with van der Waals surface area (Å²) in [5.41, 5.74) is 5.39. The second kappa shape index (κ2) is 7.63. The van der Waals surface area contributed by atoms with Gasteiger partial charge in [-0.1, -0.05) is 54.4 Å². The molecular formula is C19H24ClN. The minimum atomic E-state index is 0.336. The van der Waals surface area contributed by atoms with Crippen LogP contribution in [0.25, 0.3) is 0 Å². The average Bonchev–Trinajstić information content (AvgIpc) is 2.48. The Morgan fingerprint density at radius 3 is 2.43 bits per heavy atom. The molecule has 0 saturated heterocycles. The summed E-state index contributed by atoms with van der Waals surface area (Å²) in [5.74, 6) is 0. The third-order valence-electron chi connectivity index (χ3n) is 3.84. The molecule has 21 heavy (non-hydrogen) atoms. The zero-order valence-corrected chi connectivity index (χ0v) is 13.9. The standard InChI is InChI=1S/C19H24ClN/c1-4-11-21-19(16-7-9-18(20)10-8-16)13-17-12-14(2)5-6-15(17)3/h5-10,12,19,21H,4,11,13H2,1-3H3. The highest BCUT2D eigenvalue weighted by atomic mass is 35.5. The number of hydrogen-bond acceptors (Lipinski definition) is 1. The second-order valence-corrected chi connectivity index (χ2v) is 6.13. The Hall–Kier alpha value is -1.31. The maximum Gasteiger partial charge on any atom is 0.0406 e. The number of aryl methyl sites for hydroxylation is 2. The van der Waals surface area contributed by atoms with Gasteiger partial charge < -0.3 is 5.32 Å². The van der Waals surface area contributed by atoms with Crippen molar-refractivity contribution in [1.82, 2.24) is 5.32 Å². The summed E-state index contributed by atoms with van der Waals surface area (Å²) in [5, 5.41) is 4.45. The predicted octanol–water partition coefficient (Wildman–Crippen LogP) is 5.24. The molecule has 0 aliphatic rings. The van der Waals surface area contributed by atoms with Gasteiger partial charge in [0.05, 0.1) is 0 Å². The Labute approximate surface area is 133 Å². The molecule has 112 valence electrons. The molecule has 0 saturated carbocycles. The summed E-state index contributed by atoms with van der Waals surface area (Å²) in [7, 11) is 0. The first kappa shape index (κ1) is 16.1. The zero-order chi connectivity index (χ0) is 15.2. The molecule has 0 aliphatic carbocycles. The molecule has 1 N–H and O–H groups in total. The van der Waals surface area contributed by atoms with Gasteiger partial charge in [0, 0.05) is 11.1 Å². The zero-order valence-electron chi connectivity index (χ0n) is 13.1. The van der Waals surface area contributed by atoms with E-state index >= 15 is 0 Å². The normalized spacial score (nSPS) is 12.4. The van der Waals surface area contributed by atoms with Gasteiger partial charge in [0.1, 0.15) is 0 Å². The Balaban J connectivity index is 2.23. The van der Waals surface area contributed by atoms with E-state index in [4.69, 9.17) is 11.6 Å². The summed E-state index contributed by atoms with van der Waals surface area (Å²) < 4.78 is 0. The quantitative estimate of drug-likeness (QED) is 0.769. The van der Waals surface area contributed by atoms with E-state index in [1.54, 1.807) is 0 Å². The van der Waals surface area contributed by atoms with E-state index in [0.29, 0.717) is 6.04 Å². The Morgan fingerprint density at radius 2 is 1.76 bits per heavy atom. The lowest BCUT2D eigenvalue weighted by molar-refractivity contribution is 0.528. The molecule has 2 aromatic carbocycles. The monoisotopic (exact) mass is 301 g/mol. The SMILES string of the molecule is CCCNC(Cc1cc(C)ccc1C)c1ccc(Cl)cc1. The molecule has 2 rings (SSSR count). The smallest absolute Gasteiger partial charge is 0.0406 e. The summed E-state index contributed by atoms with van der Waals surface area (Å²) in [6.45, 7) is 7.56. The Bertz CT molecular complexity index is 575. The Kier molecular flexibility index (Phi) is 5.84. The van der Waals surface area contributed by atoms with E-state index in [1.807, 2.05) is 12.1 Å². The lowest BCUT2D eigenvalue weighted by atomic mass is 9.95. The highest BCUT2D eigenvalue weighted by molar-refractivity contribution is 6.30. The molecule has 0 amide bonds. The fourth-order valence-electron chi connectivity index (χ4n) is 2.56. The van der Waals surface area contributed by atoms with Crippen molar-refractivity contribution in [3.63, 3.8) is 0 Å². The van der Waals surface area contributed by atoms with Crippen LogP contribution in [0.5, 0.6) is 0 Å². The van der Waals surface area contributed by atoms with Gasteiger partial charge in [-0.3, -0.25) is 0 Å². The number of nitrogens with one attached hydrogen (secondary N) is 1. The highest BCUT2D eigenvalue weighted by Crippen LogP contribution is 2.23. The van der Waals surface area contributed by atoms with Crippen LogP contribution in [0.3, 0.4) is 0 Å². The lowest BCUT2D eigenvalue weighted by Gasteiger charge is -2.20. The molecule has 2 heteroatoms. The molecule has 0 radical (unpaired) electrons. The van der Waals surface area contributed by atoms with E-state index in [9.17, 15) is 0 Å². The molecule has 2 aromatic rings.